The lowest BCUT2D eigenvalue weighted by molar-refractivity contribution is -0.116. The highest BCUT2D eigenvalue weighted by Gasteiger charge is 2.14. The fourth-order valence-corrected chi connectivity index (χ4v) is 3.38. The van der Waals surface area contributed by atoms with Gasteiger partial charge in [-0.1, -0.05) is 78.4 Å². The molecular formula is C23H20N4OS. The number of nitrogens with zero attached hydrogens (tertiary/aromatic N) is 2. The van der Waals surface area contributed by atoms with Gasteiger partial charge in [0.2, 0.25) is 5.91 Å². The Labute approximate surface area is 174 Å². The van der Waals surface area contributed by atoms with Crippen LogP contribution < -0.4 is 5.32 Å². The Morgan fingerprint density at radius 1 is 0.966 bits per heavy atom. The second-order valence-electron chi connectivity index (χ2n) is 6.76. The van der Waals surface area contributed by atoms with Gasteiger partial charge in [-0.2, -0.15) is 5.10 Å². The molecule has 0 atom stereocenters. The van der Waals surface area contributed by atoms with E-state index in [1.807, 2.05) is 85.8 Å². The summed E-state index contributed by atoms with van der Waals surface area (Å²) in [4.78, 5) is 12.8. The number of aryl methyl sites for hydroxylation is 1. The van der Waals surface area contributed by atoms with Gasteiger partial charge in [0.25, 0.3) is 0 Å². The van der Waals surface area contributed by atoms with Crippen molar-refractivity contribution in [2.24, 2.45) is 0 Å². The van der Waals surface area contributed by atoms with Gasteiger partial charge >= 0.3 is 0 Å². The number of carbonyl (C=O) groups is 1. The molecule has 0 aliphatic rings. The van der Waals surface area contributed by atoms with E-state index >= 15 is 0 Å². The quantitative estimate of drug-likeness (QED) is 0.451. The lowest BCUT2D eigenvalue weighted by Gasteiger charge is -2.12. The molecule has 29 heavy (non-hydrogen) atoms. The number of para-hydroxylation sites is 1. The summed E-state index contributed by atoms with van der Waals surface area (Å²) < 4.78 is 2.12. The topological polar surface area (TPSA) is 62.7 Å². The number of nitrogens with one attached hydrogen (secondary N) is 2. The first kappa shape index (κ1) is 18.8. The summed E-state index contributed by atoms with van der Waals surface area (Å²) in [5.41, 5.74) is 4.83. The number of H-pyrrole nitrogens is 1. The van der Waals surface area contributed by atoms with Crippen molar-refractivity contribution in [1.82, 2.24) is 14.8 Å². The third-order valence-corrected chi connectivity index (χ3v) is 4.97. The molecule has 4 aromatic rings. The van der Waals surface area contributed by atoms with Crippen molar-refractivity contribution >= 4 is 23.8 Å². The van der Waals surface area contributed by atoms with Crippen molar-refractivity contribution in [3.8, 4) is 22.5 Å². The fourth-order valence-electron chi connectivity index (χ4n) is 3.18. The first-order chi connectivity index (χ1) is 14.1. The van der Waals surface area contributed by atoms with Gasteiger partial charge in [-0.3, -0.25) is 14.5 Å². The van der Waals surface area contributed by atoms with Gasteiger partial charge in [0.05, 0.1) is 0 Å². The first-order valence-electron chi connectivity index (χ1n) is 9.28. The molecule has 0 saturated carbocycles. The van der Waals surface area contributed by atoms with Gasteiger partial charge in [0, 0.05) is 16.8 Å². The van der Waals surface area contributed by atoms with E-state index in [1.54, 1.807) is 4.57 Å². The molecule has 144 valence electrons. The molecule has 2 N–H and O–H groups in total. The maximum Gasteiger partial charge on any atom is 0.244 e. The van der Waals surface area contributed by atoms with E-state index in [-0.39, 0.29) is 12.5 Å². The van der Waals surface area contributed by atoms with Crippen LogP contribution in [0.3, 0.4) is 0 Å². The molecule has 1 heterocycles. The molecule has 0 unspecified atom stereocenters. The minimum absolute atomic E-state index is 0.0711. The summed E-state index contributed by atoms with van der Waals surface area (Å²) in [6.45, 7) is 2.10. The SMILES string of the molecule is Cc1ccc(-c2n[nH]c(=S)n2CC(=O)Nc2ccccc2-c2ccccc2)cc1. The van der Waals surface area contributed by atoms with Gasteiger partial charge in [-0.15, -0.1) is 0 Å². The molecule has 0 fully saturated rings. The number of hydrogen-bond acceptors (Lipinski definition) is 3. The van der Waals surface area contributed by atoms with Crippen molar-refractivity contribution < 1.29 is 4.79 Å². The van der Waals surface area contributed by atoms with Gasteiger partial charge in [0.15, 0.2) is 10.6 Å². The zero-order valence-electron chi connectivity index (χ0n) is 15.9. The van der Waals surface area contributed by atoms with E-state index in [2.05, 4.69) is 15.5 Å². The van der Waals surface area contributed by atoms with Gasteiger partial charge in [-0.25, -0.2) is 0 Å². The van der Waals surface area contributed by atoms with E-state index in [1.165, 1.54) is 0 Å². The molecule has 4 rings (SSSR count). The maximum absolute atomic E-state index is 12.8. The Morgan fingerprint density at radius 3 is 2.41 bits per heavy atom. The van der Waals surface area contributed by atoms with Crippen LogP contribution in [0.25, 0.3) is 22.5 Å². The lowest BCUT2D eigenvalue weighted by atomic mass is 10.0. The Kier molecular flexibility index (Phi) is 5.35. The van der Waals surface area contributed by atoms with Crippen LogP contribution in [0.2, 0.25) is 0 Å². The minimum Gasteiger partial charge on any atom is -0.324 e. The lowest BCUT2D eigenvalue weighted by Crippen LogP contribution is -2.20. The van der Waals surface area contributed by atoms with Crippen LogP contribution in [0.5, 0.6) is 0 Å². The van der Waals surface area contributed by atoms with Crippen LogP contribution in [0.15, 0.2) is 78.9 Å². The van der Waals surface area contributed by atoms with E-state index in [0.29, 0.717) is 10.6 Å². The van der Waals surface area contributed by atoms with Crippen LogP contribution in [0, 0.1) is 11.7 Å². The van der Waals surface area contributed by atoms with E-state index < -0.39 is 0 Å². The number of rotatable bonds is 5. The summed E-state index contributed by atoms with van der Waals surface area (Å²) in [7, 11) is 0. The molecule has 5 nitrogen and oxygen atoms in total. The maximum atomic E-state index is 12.8. The summed E-state index contributed by atoms with van der Waals surface area (Å²) in [5, 5.41) is 10.1. The van der Waals surface area contributed by atoms with E-state index in [0.717, 1.165) is 27.9 Å². The third kappa shape index (κ3) is 4.17. The summed E-state index contributed by atoms with van der Waals surface area (Å²) in [6.07, 6.45) is 0. The first-order valence-corrected chi connectivity index (χ1v) is 9.69. The molecule has 0 aliphatic heterocycles. The van der Waals surface area contributed by atoms with Crippen molar-refractivity contribution in [1.29, 1.82) is 0 Å². The molecule has 1 amide bonds. The second kappa shape index (κ2) is 8.24. The van der Waals surface area contributed by atoms with Crippen LogP contribution in [-0.2, 0) is 11.3 Å². The molecule has 0 radical (unpaired) electrons. The predicted octanol–water partition coefficient (Wildman–Crippen LogP) is 5.22. The highest BCUT2D eigenvalue weighted by molar-refractivity contribution is 7.71. The zero-order chi connectivity index (χ0) is 20.2. The summed E-state index contributed by atoms with van der Waals surface area (Å²) in [6, 6.07) is 25.7. The minimum atomic E-state index is -0.167. The standard InChI is InChI=1S/C23H20N4OS/c1-16-11-13-18(14-12-16)22-25-26-23(29)27(22)15-21(28)24-20-10-6-5-9-19(20)17-7-3-2-4-8-17/h2-14H,15H2,1H3,(H,24,28)(H,26,29). The van der Waals surface area contributed by atoms with Crippen molar-refractivity contribution in [3.05, 3.63) is 89.2 Å². The molecule has 0 bridgehead atoms. The third-order valence-electron chi connectivity index (χ3n) is 4.66. The summed E-state index contributed by atoms with van der Waals surface area (Å²) in [5.74, 6) is 0.473. The number of hydrogen-bond donors (Lipinski definition) is 2. The predicted molar refractivity (Wildman–Crippen MR) is 118 cm³/mol. The number of carbonyl (C=O) groups excluding carboxylic acids is 1. The Hall–Kier alpha value is -3.51. The Bertz CT molecular complexity index is 1190. The molecule has 0 aliphatic carbocycles. The average Bonchev–Trinajstić information content (AvgIpc) is 3.10. The number of benzene rings is 3. The largest absolute Gasteiger partial charge is 0.324 e. The highest BCUT2D eigenvalue weighted by atomic mass is 32.1. The molecule has 0 spiro atoms. The average molecular weight is 401 g/mol. The molecule has 1 aromatic heterocycles. The number of amides is 1. The Balaban J connectivity index is 1.59. The van der Waals surface area contributed by atoms with Gasteiger partial charge in [-0.05, 0) is 30.8 Å². The number of aromatic amines is 1. The van der Waals surface area contributed by atoms with Gasteiger partial charge < -0.3 is 5.32 Å². The Morgan fingerprint density at radius 2 is 1.66 bits per heavy atom. The molecule has 6 heteroatoms. The monoisotopic (exact) mass is 400 g/mol. The van der Waals surface area contributed by atoms with Gasteiger partial charge in [0.1, 0.15) is 6.54 Å². The number of anilines is 1. The molecule has 3 aromatic carbocycles. The fraction of sp³-hybridized carbons (Fsp3) is 0.0870. The number of aromatic nitrogens is 3. The van der Waals surface area contributed by atoms with Crippen LogP contribution in [0.1, 0.15) is 5.56 Å². The zero-order valence-corrected chi connectivity index (χ0v) is 16.7. The van der Waals surface area contributed by atoms with E-state index in [4.69, 9.17) is 12.2 Å². The highest BCUT2D eigenvalue weighted by Crippen LogP contribution is 2.27. The van der Waals surface area contributed by atoms with Crippen molar-refractivity contribution in [2.75, 3.05) is 5.32 Å². The molecular weight excluding hydrogens is 380 g/mol. The van der Waals surface area contributed by atoms with E-state index in [9.17, 15) is 4.79 Å². The second-order valence-corrected chi connectivity index (χ2v) is 7.15. The van der Waals surface area contributed by atoms with Crippen molar-refractivity contribution in [2.45, 2.75) is 13.5 Å². The van der Waals surface area contributed by atoms with Crippen LogP contribution in [0.4, 0.5) is 5.69 Å². The van der Waals surface area contributed by atoms with Crippen LogP contribution in [-0.4, -0.2) is 20.7 Å². The van der Waals surface area contributed by atoms with Crippen molar-refractivity contribution in [3.63, 3.8) is 0 Å². The summed E-state index contributed by atoms with van der Waals surface area (Å²) >= 11 is 5.35. The molecule has 0 saturated heterocycles. The smallest absolute Gasteiger partial charge is 0.244 e. The normalized spacial score (nSPS) is 10.7. The van der Waals surface area contributed by atoms with Crippen LogP contribution >= 0.6 is 12.2 Å².